The minimum absolute atomic E-state index is 0.00786. The Morgan fingerprint density at radius 1 is 1.22 bits per heavy atom. The monoisotopic (exact) mass is 311 g/mol. The normalized spacial score (nSPS) is 20.3. The molecule has 0 aliphatic heterocycles. The molecule has 1 fully saturated rings. The van der Waals surface area contributed by atoms with Crippen LogP contribution in [-0.4, -0.2) is 16.9 Å². The number of ether oxygens (including phenoxy) is 1. The second-order valence-electron chi connectivity index (χ2n) is 6.06. The van der Waals surface area contributed by atoms with E-state index in [-0.39, 0.29) is 17.9 Å². The highest BCUT2D eigenvalue weighted by atomic mass is 16.5. The van der Waals surface area contributed by atoms with E-state index < -0.39 is 0 Å². The Labute approximate surface area is 135 Å². The Morgan fingerprint density at radius 2 is 2.00 bits per heavy atom. The highest BCUT2D eigenvalue weighted by Crippen LogP contribution is 2.26. The Balaban J connectivity index is 1.58. The maximum Gasteiger partial charge on any atom is 0.227 e. The Kier molecular flexibility index (Phi) is 4.57. The van der Waals surface area contributed by atoms with Crippen molar-refractivity contribution in [1.29, 1.82) is 0 Å². The van der Waals surface area contributed by atoms with Gasteiger partial charge in [-0.2, -0.15) is 0 Å². The average Bonchev–Trinajstić information content (AvgIpc) is 2.98. The van der Waals surface area contributed by atoms with Gasteiger partial charge in [-0.1, -0.05) is 17.7 Å². The first-order valence-corrected chi connectivity index (χ1v) is 7.87. The van der Waals surface area contributed by atoms with Gasteiger partial charge in [0.2, 0.25) is 11.8 Å². The van der Waals surface area contributed by atoms with Gasteiger partial charge in [0, 0.05) is 18.0 Å². The number of hydrogen-bond acceptors (Lipinski definition) is 4. The van der Waals surface area contributed by atoms with Crippen LogP contribution in [0.2, 0.25) is 0 Å². The Hall–Kier alpha value is -2.40. The second-order valence-corrected chi connectivity index (χ2v) is 6.06. The molecule has 2 aromatic rings. The number of benzene rings is 1. The molecule has 120 valence electrons. The molecule has 1 amide bonds. The molecule has 23 heavy (non-hydrogen) atoms. The zero-order chi connectivity index (χ0) is 16.2. The number of carbonyl (C=O) groups is 1. The number of nitrogens with one attached hydrogen (secondary N) is 1. The summed E-state index contributed by atoms with van der Waals surface area (Å²) < 4.78 is 5.67. The summed E-state index contributed by atoms with van der Waals surface area (Å²) in [5.41, 5.74) is 7.70. The Morgan fingerprint density at radius 3 is 2.61 bits per heavy atom. The highest BCUT2D eigenvalue weighted by molar-refractivity contribution is 5.92. The van der Waals surface area contributed by atoms with Crippen molar-refractivity contribution in [2.75, 3.05) is 5.32 Å². The molecular weight excluding hydrogens is 290 g/mol. The fourth-order valence-electron chi connectivity index (χ4n) is 2.74. The van der Waals surface area contributed by atoms with Crippen LogP contribution in [0.25, 0.3) is 0 Å². The molecular formula is C18H21N3O2. The van der Waals surface area contributed by atoms with E-state index >= 15 is 0 Å². The molecule has 1 aromatic carbocycles. The molecule has 2 unspecified atom stereocenters. The Bertz CT molecular complexity index is 668. The first-order valence-electron chi connectivity index (χ1n) is 7.87. The summed E-state index contributed by atoms with van der Waals surface area (Å²) in [5, 5.41) is 2.89. The summed E-state index contributed by atoms with van der Waals surface area (Å²) in [6, 6.07) is 11.5. The lowest BCUT2D eigenvalue weighted by Gasteiger charge is -2.11. The van der Waals surface area contributed by atoms with Crippen molar-refractivity contribution >= 4 is 11.6 Å². The first-order chi connectivity index (χ1) is 11.1. The fourth-order valence-corrected chi connectivity index (χ4v) is 2.74. The van der Waals surface area contributed by atoms with Crippen LogP contribution in [0.15, 0.2) is 42.6 Å². The van der Waals surface area contributed by atoms with Gasteiger partial charge < -0.3 is 15.8 Å². The van der Waals surface area contributed by atoms with Gasteiger partial charge >= 0.3 is 0 Å². The molecule has 0 spiro atoms. The molecule has 1 aliphatic carbocycles. The quantitative estimate of drug-likeness (QED) is 0.908. The largest absolute Gasteiger partial charge is 0.439 e. The van der Waals surface area contributed by atoms with Gasteiger partial charge in [-0.05, 0) is 44.4 Å². The number of hydrogen-bond donors (Lipinski definition) is 2. The molecule has 0 saturated heterocycles. The van der Waals surface area contributed by atoms with Crippen molar-refractivity contribution in [3.63, 3.8) is 0 Å². The third-order valence-corrected chi connectivity index (χ3v) is 4.09. The predicted octanol–water partition coefficient (Wildman–Crippen LogP) is 3.25. The summed E-state index contributed by atoms with van der Waals surface area (Å²) in [7, 11) is 0. The number of aromatic nitrogens is 1. The van der Waals surface area contributed by atoms with Gasteiger partial charge in [0.1, 0.15) is 5.75 Å². The predicted molar refractivity (Wildman–Crippen MR) is 89.4 cm³/mol. The highest BCUT2D eigenvalue weighted by Gasteiger charge is 2.27. The van der Waals surface area contributed by atoms with Gasteiger partial charge in [0.25, 0.3) is 0 Å². The van der Waals surface area contributed by atoms with E-state index in [1.54, 1.807) is 18.3 Å². The van der Waals surface area contributed by atoms with Crippen molar-refractivity contribution in [2.24, 2.45) is 11.7 Å². The molecule has 1 heterocycles. The summed E-state index contributed by atoms with van der Waals surface area (Å²) in [6.45, 7) is 2.02. The van der Waals surface area contributed by atoms with Crippen LogP contribution in [0.4, 0.5) is 5.69 Å². The zero-order valence-corrected chi connectivity index (χ0v) is 13.2. The maximum absolute atomic E-state index is 12.1. The number of pyridine rings is 1. The van der Waals surface area contributed by atoms with E-state index in [1.165, 1.54) is 5.56 Å². The summed E-state index contributed by atoms with van der Waals surface area (Å²) in [4.78, 5) is 16.4. The molecule has 3 N–H and O–H groups in total. The summed E-state index contributed by atoms with van der Waals surface area (Å²) in [5.74, 6) is 1.26. The van der Waals surface area contributed by atoms with E-state index in [0.717, 1.165) is 25.0 Å². The van der Waals surface area contributed by atoms with E-state index in [9.17, 15) is 4.79 Å². The smallest absolute Gasteiger partial charge is 0.227 e. The van der Waals surface area contributed by atoms with Crippen molar-refractivity contribution < 1.29 is 9.53 Å². The summed E-state index contributed by atoms with van der Waals surface area (Å²) in [6.07, 6.45) is 4.14. The molecule has 1 saturated carbocycles. The van der Waals surface area contributed by atoms with Crippen LogP contribution in [0.3, 0.4) is 0 Å². The lowest BCUT2D eigenvalue weighted by Crippen LogP contribution is -2.23. The molecule has 5 nitrogen and oxygen atoms in total. The number of nitrogens with zero attached hydrogens (tertiary/aromatic N) is 1. The van der Waals surface area contributed by atoms with Gasteiger partial charge in [0.15, 0.2) is 0 Å². The van der Waals surface area contributed by atoms with E-state index in [4.69, 9.17) is 10.5 Å². The van der Waals surface area contributed by atoms with Gasteiger partial charge in [0.05, 0.1) is 11.9 Å². The standard InChI is InChI=1S/C18H21N3O2/c1-12-2-7-16(8-3-12)23-17-9-6-15(11-20-17)21-18(22)13-4-5-14(19)10-13/h2-3,6-9,11,13-14H,4-5,10,19H2,1H3,(H,21,22). The molecule has 2 atom stereocenters. The van der Waals surface area contributed by atoms with Crippen LogP contribution >= 0.6 is 0 Å². The maximum atomic E-state index is 12.1. The van der Waals surface area contributed by atoms with Gasteiger partial charge in [-0.15, -0.1) is 0 Å². The van der Waals surface area contributed by atoms with Crippen molar-refractivity contribution in [1.82, 2.24) is 4.98 Å². The second kappa shape index (κ2) is 6.79. The van der Waals surface area contributed by atoms with Gasteiger partial charge in [-0.3, -0.25) is 4.79 Å². The average molecular weight is 311 g/mol. The van der Waals surface area contributed by atoms with Crippen LogP contribution in [0.1, 0.15) is 24.8 Å². The van der Waals surface area contributed by atoms with Crippen molar-refractivity contribution in [3.05, 3.63) is 48.2 Å². The number of rotatable bonds is 4. The van der Waals surface area contributed by atoms with E-state index in [1.807, 2.05) is 31.2 Å². The third-order valence-electron chi connectivity index (χ3n) is 4.09. The molecule has 0 bridgehead atoms. The molecule has 3 rings (SSSR count). The minimum Gasteiger partial charge on any atom is -0.439 e. The van der Waals surface area contributed by atoms with Crippen LogP contribution in [-0.2, 0) is 4.79 Å². The third kappa shape index (κ3) is 4.07. The number of nitrogens with two attached hydrogens (primary N) is 1. The zero-order valence-electron chi connectivity index (χ0n) is 13.2. The minimum atomic E-state index is 0.00786. The van der Waals surface area contributed by atoms with Crippen molar-refractivity contribution in [3.8, 4) is 11.6 Å². The lowest BCUT2D eigenvalue weighted by atomic mass is 10.1. The van der Waals surface area contributed by atoms with E-state index in [2.05, 4.69) is 10.3 Å². The SMILES string of the molecule is Cc1ccc(Oc2ccc(NC(=O)C3CCC(N)C3)cn2)cc1. The fraction of sp³-hybridized carbons (Fsp3) is 0.333. The van der Waals surface area contributed by atoms with Gasteiger partial charge in [-0.25, -0.2) is 4.98 Å². The lowest BCUT2D eigenvalue weighted by molar-refractivity contribution is -0.119. The number of carbonyl (C=O) groups excluding carboxylic acids is 1. The number of amides is 1. The molecule has 1 aromatic heterocycles. The number of aryl methyl sites for hydroxylation is 1. The van der Waals surface area contributed by atoms with Crippen LogP contribution in [0, 0.1) is 12.8 Å². The molecule has 5 heteroatoms. The summed E-state index contributed by atoms with van der Waals surface area (Å²) >= 11 is 0. The number of anilines is 1. The van der Waals surface area contributed by atoms with Crippen LogP contribution < -0.4 is 15.8 Å². The van der Waals surface area contributed by atoms with Crippen molar-refractivity contribution in [2.45, 2.75) is 32.2 Å². The topological polar surface area (TPSA) is 77.2 Å². The van der Waals surface area contributed by atoms with E-state index in [0.29, 0.717) is 11.6 Å². The molecule has 1 aliphatic rings. The molecule has 0 radical (unpaired) electrons. The van der Waals surface area contributed by atoms with Crippen LogP contribution in [0.5, 0.6) is 11.6 Å². The first kappa shape index (κ1) is 15.5.